The van der Waals surface area contributed by atoms with Gasteiger partial charge in [0.1, 0.15) is 5.76 Å². The van der Waals surface area contributed by atoms with E-state index >= 15 is 0 Å². The van der Waals surface area contributed by atoms with Gasteiger partial charge in [0, 0.05) is 5.69 Å². The molecule has 0 aliphatic rings. The molecule has 2 heterocycles. The lowest BCUT2D eigenvalue weighted by Crippen LogP contribution is -1.81. The van der Waals surface area contributed by atoms with E-state index in [2.05, 4.69) is 4.98 Å². The van der Waals surface area contributed by atoms with Gasteiger partial charge in [0.05, 0.1) is 22.2 Å². The molecule has 0 bridgehead atoms. The highest BCUT2D eigenvalue weighted by Gasteiger charge is 2.05. The molecule has 2 aromatic heterocycles. The Balaban J connectivity index is 1.81. The smallest absolute Gasteiger partial charge is 0.151 e. The van der Waals surface area contributed by atoms with Crippen LogP contribution in [0.1, 0.15) is 5.76 Å². The molecule has 3 rings (SSSR count). The van der Waals surface area contributed by atoms with Crippen molar-refractivity contribution in [3.8, 4) is 0 Å². The van der Waals surface area contributed by atoms with Gasteiger partial charge in [-0.25, -0.2) is 4.98 Å². The standard InChI is InChI=1S/C12H10N2OS2/c13-8-3-4-10-11(6-8)17-12(14-10)16-7-9-2-1-5-15-9/h1-6H,7,13H2. The maximum Gasteiger partial charge on any atom is 0.151 e. The fourth-order valence-corrected chi connectivity index (χ4v) is 3.53. The Morgan fingerprint density at radius 3 is 3.12 bits per heavy atom. The molecule has 86 valence electrons. The Labute approximate surface area is 107 Å². The third kappa shape index (κ3) is 2.30. The number of aromatic nitrogens is 1. The molecule has 0 fully saturated rings. The summed E-state index contributed by atoms with van der Waals surface area (Å²) < 4.78 is 7.46. The van der Waals surface area contributed by atoms with E-state index < -0.39 is 0 Å². The molecule has 2 N–H and O–H groups in total. The van der Waals surface area contributed by atoms with Crippen LogP contribution in [0, 0.1) is 0 Å². The number of benzene rings is 1. The predicted octanol–water partition coefficient (Wildman–Crippen LogP) is 3.76. The summed E-state index contributed by atoms with van der Waals surface area (Å²) in [5.74, 6) is 1.77. The summed E-state index contributed by atoms with van der Waals surface area (Å²) >= 11 is 3.35. The fourth-order valence-electron chi connectivity index (χ4n) is 1.51. The first kappa shape index (κ1) is 10.7. The number of nitrogens with two attached hydrogens (primary N) is 1. The van der Waals surface area contributed by atoms with Crippen molar-refractivity contribution in [1.82, 2.24) is 4.98 Å². The average Bonchev–Trinajstić information content (AvgIpc) is 2.94. The lowest BCUT2D eigenvalue weighted by atomic mass is 10.3. The summed E-state index contributed by atoms with van der Waals surface area (Å²) in [4.78, 5) is 4.54. The Morgan fingerprint density at radius 1 is 1.35 bits per heavy atom. The highest BCUT2D eigenvalue weighted by Crippen LogP contribution is 2.32. The second-order valence-corrected chi connectivity index (χ2v) is 5.83. The number of nitrogens with zero attached hydrogens (tertiary/aromatic N) is 1. The number of rotatable bonds is 3. The Bertz CT molecular complexity index is 631. The predicted molar refractivity (Wildman–Crippen MR) is 72.3 cm³/mol. The first-order chi connectivity index (χ1) is 8.31. The quantitative estimate of drug-likeness (QED) is 0.576. The number of anilines is 1. The zero-order valence-corrected chi connectivity index (χ0v) is 10.6. The van der Waals surface area contributed by atoms with E-state index in [-0.39, 0.29) is 0 Å². The molecule has 3 nitrogen and oxygen atoms in total. The van der Waals surface area contributed by atoms with Crippen molar-refractivity contribution in [2.45, 2.75) is 10.1 Å². The van der Waals surface area contributed by atoms with Crippen molar-refractivity contribution in [3.63, 3.8) is 0 Å². The van der Waals surface area contributed by atoms with E-state index in [1.807, 2.05) is 30.3 Å². The number of nitrogen functional groups attached to an aromatic ring is 1. The van der Waals surface area contributed by atoms with Crippen molar-refractivity contribution in [2.75, 3.05) is 5.73 Å². The molecule has 17 heavy (non-hydrogen) atoms. The lowest BCUT2D eigenvalue weighted by molar-refractivity contribution is 0.530. The number of thioether (sulfide) groups is 1. The minimum atomic E-state index is 0.781. The second kappa shape index (κ2) is 4.43. The minimum absolute atomic E-state index is 0.781. The molecular formula is C12H10N2OS2. The van der Waals surface area contributed by atoms with E-state index in [0.29, 0.717) is 0 Å². The van der Waals surface area contributed by atoms with Gasteiger partial charge in [0.15, 0.2) is 4.34 Å². The van der Waals surface area contributed by atoms with Crippen molar-refractivity contribution >= 4 is 39.0 Å². The fraction of sp³-hybridized carbons (Fsp3) is 0.0833. The Kier molecular flexibility index (Phi) is 2.78. The van der Waals surface area contributed by atoms with Gasteiger partial charge in [0.2, 0.25) is 0 Å². The minimum Gasteiger partial charge on any atom is -0.468 e. The van der Waals surface area contributed by atoms with Crippen LogP contribution in [0.4, 0.5) is 5.69 Å². The maximum absolute atomic E-state index is 5.74. The van der Waals surface area contributed by atoms with Crippen molar-refractivity contribution in [2.24, 2.45) is 0 Å². The number of thiazole rings is 1. The van der Waals surface area contributed by atoms with Crippen LogP contribution in [0.5, 0.6) is 0 Å². The van der Waals surface area contributed by atoms with E-state index in [4.69, 9.17) is 10.2 Å². The Hall–Kier alpha value is -1.46. The average molecular weight is 262 g/mol. The number of furan rings is 1. The van der Waals surface area contributed by atoms with E-state index in [9.17, 15) is 0 Å². The zero-order chi connectivity index (χ0) is 11.7. The van der Waals surface area contributed by atoms with Gasteiger partial charge in [-0.2, -0.15) is 0 Å². The SMILES string of the molecule is Nc1ccc2nc(SCc3ccco3)sc2c1. The molecule has 0 atom stereocenters. The van der Waals surface area contributed by atoms with Gasteiger partial charge in [-0.1, -0.05) is 11.8 Å². The lowest BCUT2D eigenvalue weighted by Gasteiger charge is -1.91. The molecule has 0 radical (unpaired) electrons. The third-order valence-corrected chi connectivity index (χ3v) is 4.49. The third-order valence-electron chi connectivity index (χ3n) is 2.31. The van der Waals surface area contributed by atoms with Crippen molar-refractivity contribution < 1.29 is 4.42 Å². The molecule has 0 amide bonds. The van der Waals surface area contributed by atoms with Crippen LogP contribution in [0.15, 0.2) is 45.4 Å². The van der Waals surface area contributed by atoms with Crippen LogP contribution >= 0.6 is 23.1 Å². The van der Waals surface area contributed by atoms with Crippen molar-refractivity contribution in [3.05, 3.63) is 42.4 Å². The molecule has 0 spiro atoms. The summed E-state index contributed by atoms with van der Waals surface area (Å²) in [6.45, 7) is 0. The summed E-state index contributed by atoms with van der Waals surface area (Å²) in [5.41, 5.74) is 7.53. The summed E-state index contributed by atoms with van der Waals surface area (Å²) in [6, 6.07) is 9.67. The van der Waals surface area contributed by atoms with E-state index in [1.165, 1.54) is 0 Å². The number of fused-ring (bicyclic) bond motifs is 1. The number of hydrogen-bond acceptors (Lipinski definition) is 5. The van der Waals surface area contributed by atoms with Crippen LogP contribution < -0.4 is 5.73 Å². The molecule has 0 aliphatic heterocycles. The first-order valence-corrected chi connectivity index (χ1v) is 6.93. The summed E-state index contributed by atoms with van der Waals surface area (Å²) in [7, 11) is 0. The van der Waals surface area contributed by atoms with Gasteiger partial charge < -0.3 is 10.2 Å². The first-order valence-electron chi connectivity index (χ1n) is 5.12. The van der Waals surface area contributed by atoms with Crippen LogP contribution in [0.2, 0.25) is 0 Å². The highest BCUT2D eigenvalue weighted by molar-refractivity contribution is 8.00. The van der Waals surface area contributed by atoms with Crippen molar-refractivity contribution in [1.29, 1.82) is 0 Å². The normalized spacial score (nSPS) is 11.1. The van der Waals surface area contributed by atoms with Gasteiger partial charge >= 0.3 is 0 Å². The number of hydrogen-bond donors (Lipinski definition) is 1. The zero-order valence-electron chi connectivity index (χ0n) is 8.92. The molecule has 0 unspecified atom stereocenters. The van der Waals surface area contributed by atoms with Gasteiger partial charge in [0.25, 0.3) is 0 Å². The molecule has 0 aliphatic carbocycles. The van der Waals surface area contributed by atoms with Crippen LogP contribution in [0.25, 0.3) is 10.2 Å². The molecule has 0 saturated heterocycles. The second-order valence-electron chi connectivity index (χ2n) is 3.57. The van der Waals surface area contributed by atoms with Crippen LogP contribution in [0.3, 0.4) is 0 Å². The monoisotopic (exact) mass is 262 g/mol. The molecule has 5 heteroatoms. The topological polar surface area (TPSA) is 52.0 Å². The van der Waals surface area contributed by atoms with Gasteiger partial charge in [-0.3, -0.25) is 0 Å². The molecule has 1 aromatic carbocycles. The van der Waals surface area contributed by atoms with Gasteiger partial charge in [-0.15, -0.1) is 11.3 Å². The summed E-state index contributed by atoms with van der Waals surface area (Å²) in [6.07, 6.45) is 1.69. The summed E-state index contributed by atoms with van der Waals surface area (Å²) in [5, 5.41) is 0. The highest BCUT2D eigenvalue weighted by atomic mass is 32.2. The van der Waals surface area contributed by atoms with Gasteiger partial charge in [-0.05, 0) is 30.3 Å². The molecule has 3 aromatic rings. The molecule has 0 saturated carbocycles. The largest absolute Gasteiger partial charge is 0.468 e. The maximum atomic E-state index is 5.74. The molecular weight excluding hydrogens is 252 g/mol. The van der Waals surface area contributed by atoms with Crippen LogP contribution in [-0.4, -0.2) is 4.98 Å². The van der Waals surface area contributed by atoms with Crippen LogP contribution in [-0.2, 0) is 5.75 Å². The van der Waals surface area contributed by atoms with E-state index in [1.54, 1.807) is 29.4 Å². The Morgan fingerprint density at radius 2 is 2.29 bits per heavy atom. The van der Waals surface area contributed by atoms with E-state index in [0.717, 1.165) is 31.8 Å².